The van der Waals surface area contributed by atoms with Crippen LogP contribution in [0.4, 0.5) is 0 Å². The molecule has 0 aliphatic rings. The molecule has 0 fully saturated rings. The van der Waals surface area contributed by atoms with Crippen LogP contribution in [0.5, 0.6) is 0 Å². The molecule has 1 unspecified atom stereocenters. The van der Waals surface area contributed by atoms with E-state index >= 15 is 0 Å². The van der Waals surface area contributed by atoms with E-state index in [9.17, 15) is 9.59 Å². The highest BCUT2D eigenvalue weighted by atomic mass is 16.5. The van der Waals surface area contributed by atoms with E-state index in [-0.39, 0.29) is 17.4 Å². The van der Waals surface area contributed by atoms with E-state index in [4.69, 9.17) is 15.9 Å². The summed E-state index contributed by atoms with van der Waals surface area (Å²) < 4.78 is 9.64. The Morgan fingerprint density at radius 2 is 2.25 bits per heavy atom. The Kier molecular flexibility index (Phi) is 6.29. The van der Waals surface area contributed by atoms with Gasteiger partial charge >= 0.3 is 5.97 Å². The van der Waals surface area contributed by atoms with Gasteiger partial charge in [0.1, 0.15) is 0 Å². The number of ether oxygens (including phenoxy) is 1. The fourth-order valence-corrected chi connectivity index (χ4v) is 1.25. The number of hydrogen-bond donors (Lipinski definition) is 3. The molecule has 20 heavy (non-hydrogen) atoms. The highest BCUT2D eigenvalue weighted by Gasteiger charge is 2.11. The Bertz CT molecular complexity index is 527. The van der Waals surface area contributed by atoms with Gasteiger partial charge in [-0.3, -0.25) is 4.79 Å². The minimum atomic E-state index is -1.05. The maximum absolute atomic E-state index is 11.6. The zero-order valence-corrected chi connectivity index (χ0v) is 11.1. The van der Waals surface area contributed by atoms with Crippen molar-refractivity contribution in [1.82, 2.24) is 5.32 Å². The van der Waals surface area contributed by atoms with Crippen LogP contribution in [0, 0.1) is 11.8 Å². The summed E-state index contributed by atoms with van der Waals surface area (Å²) in [5.74, 6) is 4.43. The molecule has 5 N–H and O–H groups in total. The molecule has 1 heterocycles. The normalized spacial score (nSPS) is 11.2. The monoisotopic (exact) mass is 279 g/mol. The number of carbonyl (C=O) groups is 2. The molecule has 1 aromatic rings. The van der Waals surface area contributed by atoms with Crippen molar-refractivity contribution in [3.05, 3.63) is 23.7 Å². The SMILES string of the molecule is COC(=O)C(N)C#Cc1ccc(C(=O)NCCCN)o1. The number of methoxy groups -OCH3 is 1. The van der Waals surface area contributed by atoms with E-state index in [1.807, 2.05) is 0 Å². The fourth-order valence-electron chi connectivity index (χ4n) is 1.25. The third kappa shape index (κ3) is 4.76. The van der Waals surface area contributed by atoms with Crippen molar-refractivity contribution in [2.45, 2.75) is 12.5 Å². The molecule has 0 aliphatic carbocycles. The summed E-state index contributed by atoms with van der Waals surface area (Å²) in [6.07, 6.45) is 0.688. The van der Waals surface area contributed by atoms with Crippen LogP contribution in [0.2, 0.25) is 0 Å². The van der Waals surface area contributed by atoms with Gasteiger partial charge in [0.05, 0.1) is 7.11 Å². The van der Waals surface area contributed by atoms with Crippen molar-refractivity contribution in [2.24, 2.45) is 11.5 Å². The lowest BCUT2D eigenvalue weighted by Gasteiger charge is -2.00. The van der Waals surface area contributed by atoms with Gasteiger partial charge in [-0.2, -0.15) is 0 Å². The van der Waals surface area contributed by atoms with Gasteiger partial charge < -0.3 is 25.9 Å². The van der Waals surface area contributed by atoms with Gasteiger partial charge in [-0.15, -0.1) is 0 Å². The molecule has 1 rings (SSSR count). The molecule has 0 aliphatic heterocycles. The number of esters is 1. The molecule has 7 nitrogen and oxygen atoms in total. The van der Waals surface area contributed by atoms with Gasteiger partial charge in [0.2, 0.25) is 0 Å². The zero-order chi connectivity index (χ0) is 15.0. The molecule has 0 saturated carbocycles. The first-order chi connectivity index (χ1) is 9.58. The first kappa shape index (κ1) is 15.8. The highest BCUT2D eigenvalue weighted by Crippen LogP contribution is 2.06. The van der Waals surface area contributed by atoms with Crippen molar-refractivity contribution in [3.8, 4) is 11.8 Å². The second kappa shape index (κ2) is 7.99. The van der Waals surface area contributed by atoms with Crippen LogP contribution < -0.4 is 16.8 Å². The Hall–Kier alpha value is -2.30. The van der Waals surface area contributed by atoms with Crippen LogP contribution in [0.15, 0.2) is 16.5 Å². The number of furan rings is 1. The Balaban J connectivity index is 2.61. The average molecular weight is 279 g/mol. The lowest BCUT2D eigenvalue weighted by Crippen LogP contribution is -2.29. The van der Waals surface area contributed by atoms with Gasteiger partial charge in [-0.05, 0) is 31.0 Å². The number of hydrogen-bond acceptors (Lipinski definition) is 6. The third-order valence-electron chi connectivity index (χ3n) is 2.30. The van der Waals surface area contributed by atoms with Gasteiger partial charge in [0.25, 0.3) is 5.91 Å². The minimum Gasteiger partial charge on any atom is -0.467 e. The predicted octanol–water partition coefficient (Wildman–Crippen LogP) is -0.790. The molecule has 0 aromatic carbocycles. The lowest BCUT2D eigenvalue weighted by atomic mass is 10.3. The van der Waals surface area contributed by atoms with Crippen LogP contribution in [0.1, 0.15) is 22.7 Å². The van der Waals surface area contributed by atoms with Crippen molar-refractivity contribution in [3.63, 3.8) is 0 Å². The molecular formula is C13H17N3O4. The summed E-state index contributed by atoms with van der Waals surface area (Å²) in [5, 5.41) is 2.65. The topological polar surface area (TPSA) is 121 Å². The fraction of sp³-hybridized carbons (Fsp3) is 0.385. The zero-order valence-electron chi connectivity index (χ0n) is 11.1. The van der Waals surface area contributed by atoms with E-state index in [2.05, 4.69) is 21.9 Å². The molecular weight excluding hydrogens is 262 g/mol. The van der Waals surface area contributed by atoms with E-state index in [0.29, 0.717) is 19.5 Å². The summed E-state index contributed by atoms with van der Waals surface area (Å²) >= 11 is 0. The summed E-state index contributed by atoms with van der Waals surface area (Å²) in [7, 11) is 1.22. The van der Waals surface area contributed by atoms with Crippen LogP contribution in [0.25, 0.3) is 0 Å². The molecule has 1 amide bonds. The lowest BCUT2D eigenvalue weighted by molar-refractivity contribution is -0.140. The summed E-state index contributed by atoms with van der Waals surface area (Å²) in [5.41, 5.74) is 10.8. The molecule has 1 aromatic heterocycles. The number of nitrogens with two attached hydrogens (primary N) is 2. The van der Waals surface area contributed by atoms with Crippen molar-refractivity contribution >= 4 is 11.9 Å². The minimum absolute atomic E-state index is 0.137. The van der Waals surface area contributed by atoms with Gasteiger partial charge in [-0.25, -0.2) is 4.79 Å². The van der Waals surface area contributed by atoms with Crippen LogP contribution in [-0.2, 0) is 9.53 Å². The Morgan fingerprint density at radius 3 is 2.90 bits per heavy atom. The molecule has 0 bridgehead atoms. The molecule has 108 valence electrons. The van der Waals surface area contributed by atoms with Crippen LogP contribution in [-0.4, -0.2) is 38.1 Å². The number of amides is 1. The maximum Gasteiger partial charge on any atom is 0.335 e. The van der Waals surface area contributed by atoms with Crippen LogP contribution >= 0.6 is 0 Å². The molecule has 0 radical (unpaired) electrons. The van der Waals surface area contributed by atoms with E-state index in [1.165, 1.54) is 19.2 Å². The van der Waals surface area contributed by atoms with Gasteiger partial charge in [0, 0.05) is 6.54 Å². The first-order valence-corrected chi connectivity index (χ1v) is 6.01. The van der Waals surface area contributed by atoms with E-state index in [0.717, 1.165) is 0 Å². The van der Waals surface area contributed by atoms with Crippen molar-refractivity contribution < 1.29 is 18.7 Å². The summed E-state index contributed by atoms with van der Waals surface area (Å²) in [6, 6.07) is 1.97. The average Bonchev–Trinajstić information content (AvgIpc) is 2.93. The molecule has 7 heteroatoms. The predicted molar refractivity (Wildman–Crippen MR) is 71.6 cm³/mol. The van der Waals surface area contributed by atoms with Crippen LogP contribution in [0.3, 0.4) is 0 Å². The number of nitrogens with one attached hydrogen (secondary N) is 1. The first-order valence-electron chi connectivity index (χ1n) is 6.01. The summed E-state index contributed by atoms with van der Waals surface area (Å²) in [6.45, 7) is 0.977. The number of rotatable bonds is 5. The van der Waals surface area contributed by atoms with Crippen molar-refractivity contribution in [2.75, 3.05) is 20.2 Å². The Labute approximate surface area is 116 Å². The molecule has 1 atom stereocenters. The second-order valence-corrected chi connectivity index (χ2v) is 3.83. The van der Waals surface area contributed by atoms with Crippen molar-refractivity contribution in [1.29, 1.82) is 0 Å². The maximum atomic E-state index is 11.6. The highest BCUT2D eigenvalue weighted by molar-refractivity contribution is 5.91. The van der Waals surface area contributed by atoms with E-state index < -0.39 is 12.0 Å². The third-order valence-corrected chi connectivity index (χ3v) is 2.30. The second-order valence-electron chi connectivity index (χ2n) is 3.83. The Morgan fingerprint density at radius 1 is 1.50 bits per heavy atom. The van der Waals surface area contributed by atoms with E-state index in [1.54, 1.807) is 0 Å². The smallest absolute Gasteiger partial charge is 0.335 e. The van der Waals surface area contributed by atoms with Gasteiger partial charge in [-0.1, -0.05) is 5.92 Å². The summed E-state index contributed by atoms with van der Waals surface area (Å²) in [4.78, 5) is 22.7. The van der Waals surface area contributed by atoms with Gasteiger partial charge in [0.15, 0.2) is 17.6 Å². The quantitative estimate of drug-likeness (QED) is 0.369. The number of carbonyl (C=O) groups excluding carboxylic acids is 2. The molecule has 0 spiro atoms. The standard InChI is InChI=1S/C13H17N3O4/c1-19-13(18)10(15)5-3-9-4-6-11(20-9)12(17)16-8-2-7-14/h4,6,10H,2,7-8,14-15H2,1H3,(H,16,17). The molecule has 0 saturated heterocycles. The largest absolute Gasteiger partial charge is 0.467 e.